The van der Waals surface area contributed by atoms with Gasteiger partial charge >= 0.3 is 5.97 Å². The number of benzene rings is 2. The monoisotopic (exact) mass is 498 g/mol. The van der Waals surface area contributed by atoms with Crippen LogP contribution in [0.1, 0.15) is 19.4 Å². The molecule has 1 N–H and O–H groups in total. The molecule has 10 heteroatoms. The van der Waals surface area contributed by atoms with E-state index in [1.165, 1.54) is 0 Å². The Morgan fingerprint density at radius 3 is 2.43 bits per heavy atom. The van der Waals surface area contributed by atoms with Gasteiger partial charge in [0.1, 0.15) is 28.7 Å². The van der Waals surface area contributed by atoms with Gasteiger partial charge in [-0.2, -0.15) is 0 Å². The average molecular weight is 499 g/mol. The number of carbonyl (C=O) groups is 2. The zero-order valence-corrected chi connectivity index (χ0v) is 20.2. The fraction of sp³-hybridized carbons (Fsp3) is 0.240. The van der Waals surface area contributed by atoms with Gasteiger partial charge in [0.2, 0.25) is 0 Å². The normalized spacial score (nSPS) is 15.4. The Morgan fingerprint density at radius 1 is 1.06 bits per heavy atom. The highest BCUT2D eigenvalue weighted by atomic mass is 32.2. The van der Waals surface area contributed by atoms with Crippen molar-refractivity contribution in [1.82, 2.24) is 0 Å². The topological polar surface area (TPSA) is 127 Å². The summed E-state index contributed by atoms with van der Waals surface area (Å²) < 4.78 is 21.0. The van der Waals surface area contributed by atoms with Crippen molar-refractivity contribution in [3.63, 3.8) is 0 Å². The van der Waals surface area contributed by atoms with Gasteiger partial charge in [-0.25, -0.2) is 9.79 Å². The molecular weight excluding hydrogens is 474 g/mol. The van der Waals surface area contributed by atoms with Crippen LogP contribution in [0.15, 0.2) is 63.7 Å². The number of nitrogens with zero attached hydrogens (tertiary/aromatic N) is 1. The molecule has 35 heavy (non-hydrogen) atoms. The number of aliphatic hydroxyl groups is 1. The van der Waals surface area contributed by atoms with Gasteiger partial charge in [-0.05, 0) is 61.9 Å². The highest BCUT2D eigenvalue weighted by molar-refractivity contribution is 8.18. The summed E-state index contributed by atoms with van der Waals surface area (Å²) in [5.41, 5.74) is 1.16. The Kier molecular flexibility index (Phi) is 8.80. The van der Waals surface area contributed by atoms with E-state index in [0.717, 1.165) is 11.8 Å². The van der Waals surface area contributed by atoms with E-state index in [4.69, 9.17) is 18.9 Å². The van der Waals surface area contributed by atoms with E-state index >= 15 is 0 Å². The smallest absolute Gasteiger partial charge is 0.344 e. The molecule has 2 aromatic rings. The fourth-order valence-corrected chi connectivity index (χ4v) is 4.09. The first-order chi connectivity index (χ1) is 16.9. The summed E-state index contributed by atoms with van der Waals surface area (Å²) in [7, 11) is 1.56. The second-order valence-corrected chi connectivity index (χ2v) is 8.00. The minimum absolute atomic E-state index is 0.0298. The number of aliphatic hydroxyl groups excluding tert-OH is 1. The van der Waals surface area contributed by atoms with Crippen LogP contribution in [-0.4, -0.2) is 49.0 Å². The van der Waals surface area contributed by atoms with Crippen LogP contribution in [0.2, 0.25) is 0 Å². The molecule has 1 aliphatic heterocycles. The molecule has 2 aromatic carbocycles. The maximum atomic E-state index is 12.6. The number of carbonyl (C=O) groups excluding carboxylic acids is 2. The number of methoxy groups -OCH3 is 1. The zero-order valence-electron chi connectivity index (χ0n) is 19.4. The molecule has 0 fully saturated rings. The second-order valence-electron chi connectivity index (χ2n) is 6.97. The third-order valence-corrected chi connectivity index (χ3v) is 5.60. The minimum Gasteiger partial charge on any atom is -0.546 e. The van der Waals surface area contributed by atoms with Crippen LogP contribution in [0.5, 0.6) is 17.2 Å². The van der Waals surface area contributed by atoms with E-state index in [1.807, 2.05) is 0 Å². The van der Waals surface area contributed by atoms with Crippen LogP contribution < -0.4 is 19.3 Å². The Balaban J connectivity index is 1.98. The molecule has 184 valence electrons. The standard InChI is InChI=1S/C25H25NO8S/c1-4-32-19-12-15(6-11-18(19)34-14-21(27)28)13-20-23(29)22(25(30)33-5-2)24(35-20)26-16-7-9-17(31-3)10-8-16/h6-13,29H,4-5,14H2,1-3H3,(H,27,28)/p-1/b20-13-,26-24?. The third kappa shape index (κ3) is 6.57. The molecule has 1 aliphatic rings. The molecule has 0 spiro atoms. The molecule has 0 amide bonds. The molecular formula is C25H24NO8S-. The number of rotatable bonds is 10. The summed E-state index contributed by atoms with van der Waals surface area (Å²) in [5, 5.41) is 21.9. The van der Waals surface area contributed by atoms with Crippen LogP contribution >= 0.6 is 11.8 Å². The predicted molar refractivity (Wildman–Crippen MR) is 130 cm³/mol. The van der Waals surface area contributed by atoms with Gasteiger partial charge in [0.05, 0.1) is 36.9 Å². The number of carboxylic acid groups (broad SMARTS) is 1. The van der Waals surface area contributed by atoms with Gasteiger partial charge in [-0.1, -0.05) is 17.8 Å². The molecule has 9 nitrogen and oxygen atoms in total. The van der Waals surface area contributed by atoms with Gasteiger partial charge < -0.3 is 34.0 Å². The molecule has 0 saturated heterocycles. The minimum atomic E-state index is -1.36. The number of thioether (sulfide) groups is 1. The van der Waals surface area contributed by atoms with Gasteiger partial charge in [0, 0.05) is 0 Å². The molecule has 3 rings (SSSR count). The Hall–Kier alpha value is -3.92. The lowest BCUT2D eigenvalue weighted by atomic mass is 10.1. The number of hydrogen-bond donors (Lipinski definition) is 1. The molecule has 1 heterocycles. The van der Waals surface area contributed by atoms with Crippen molar-refractivity contribution in [2.45, 2.75) is 13.8 Å². The van der Waals surface area contributed by atoms with Crippen molar-refractivity contribution in [2.75, 3.05) is 26.9 Å². The third-order valence-electron chi connectivity index (χ3n) is 4.58. The first kappa shape index (κ1) is 25.7. The van der Waals surface area contributed by atoms with E-state index in [9.17, 15) is 19.8 Å². The van der Waals surface area contributed by atoms with Crippen molar-refractivity contribution in [3.8, 4) is 17.2 Å². The number of ether oxygens (including phenoxy) is 4. The summed E-state index contributed by atoms with van der Waals surface area (Å²) in [5.74, 6) is -1.07. The quantitative estimate of drug-likeness (QED) is 0.490. The van der Waals surface area contributed by atoms with Crippen molar-refractivity contribution >= 4 is 40.5 Å². The van der Waals surface area contributed by atoms with Gasteiger partial charge in [-0.15, -0.1) is 0 Å². The van der Waals surface area contributed by atoms with E-state index < -0.39 is 18.5 Å². The van der Waals surface area contributed by atoms with Gasteiger partial charge in [-0.3, -0.25) is 0 Å². The molecule has 0 bridgehead atoms. The number of hydrogen-bond acceptors (Lipinski definition) is 10. The van der Waals surface area contributed by atoms with Crippen LogP contribution in [0.4, 0.5) is 5.69 Å². The van der Waals surface area contributed by atoms with E-state index in [1.54, 1.807) is 69.5 Å². The maximum Gasteiger partial charge on any atom is 0.344 e. The maximum absolute atomic E-state index is 12.6. The molecule has 0 aliphatic carbocycles. The zero-order chi connectivity index (χ0) is 25.4. The molecule has 0 radical (unpaired) electrons. The Labute approximate surface area is 206 Å². The first-order valence-electron chi connectivity index (χ1n) is 10.7. The highest BCUT2D eigenvalue weighted by Gasteiger charge is 2.33. The SMILES string of the molecule is CCOC(=O)C1=C(O)/C(=C/c2ccc(OCC(=O)[O-])c(OCC)c2)SC1=Nc1ccc(OC)cc1. The summed E-state index contributed by atoms with van der Waals surface area (Å²) in [4.78, 5) is 28.2. The van der Waals surface area contributed by atoms with E-state index in [2.05, 4.69) is 4.99 Å². The highest BCUT2D eigenvalue weighted by Crippen LogP contribution is 2.41. The molecule has 0 atom stereocenters. The fourth-order valence-electron chi connectivity index (χ4n) is 3.06. The van der Waals surface area contributed by atoms with Gasteiger partial charge in [0.25, 0.3) is 0 Å². The predicted octanol–water partition coefficient (Wildman–Crippen LogP) is 3.42. The van der Waals surface area contributed by atoms with Crippen LogP contribution in [0.25, 0.3) is 6.08 Å². The summed E-state index contributed by atoms with van der Waals surface area (Å²) in [6.45, 7) is 3.30. The van der Waals surface area contributed by atoms with Gasteiger partial charge in [0.15, 0.2) is 11.5 Å². The number of carboxylic acids is 1. The largest absolute Gasteiger partial charge is 0.546 e. The van der Waals surface area contributed by atoms with E-state index in [0.29, 0.717) is 34.3 Å². The van der Waals surface area contributed by atoms with Crippen LogP contribution in [0, 0.1) is 0 Å². The summed E-state index contributed by atoms with van der Waals surface area (Å²) in [6.07, 6.45) is 1.65. The summed E-state index contributed by atoms with van der Waals surface area (Å²) >= 11 is 1.12. The second kappa shape index (κ2) is 12.0. The number of aliphatic imine (C=N–C) groups is 1. The van der Waals surface area contributed by atoms with Crippen molar-refractivity contribution < 1.29 is 38.7 Å². The molecule has 0 unspecified atom stereocenters. The molecule has 0 aromatic heterocycles. The van der Waals surface area contributed by atoms with Crippen LogP contribution in [-0.2, 0) is 14.3 Å². The molecule has 0 saturated carbocycles. The average Bonchev–Trinajstić information content (AvgIpc) is 3.13. The lowest BCUT2D eigenvalue weighted by Crippen LogP contribution is -2.29. The van der Waals surface area contributed by atoms with Crippen molar-refractivity contribution in [1.29, 1.82) is 0 Å². The Bertz CT molecular complexity index is 1180. The number of esters is 1. The first-order valence-corrected chi connectivity index (χ1v) is 11.5. The summed E-state index contributed by atoms with van der Waals surface area (Å²) in [6, 6.07) is 11.8. The van der Waals surface area contributed by atoms with Crippen LogP contribution in [0.3, 0.4) is 0 Å². The lowest BCUT2D eigenvalue weighted by Gasteiger charge is -2.13. The van der Waals surface area contributed by atoms with Crippen molar-refractivity contribution in [3.05, 3.63) is 64.3 Å². The van der Waals surface area contributed by atoms with Crippen molar-refractivity contribution in [2.24, 2.45) is 4.99 Å². The van der Waals surface area contributed by atoms with E-state index in [-0.39, 0.29) is 28.7 Å². The Morgan fingerprint density at radius 2 is 1.80 bits per heavy atom. The number of aliphatic carboxylic acids is 1. The lowest BCUT2D eigenvalue weighted by molar-refractivity contribution is -0.307.